The summed E-state index contributed by atoms with van der Waals surface area (Å²) in [5, 5.41) is 24.2. The summed E-state index contributed by atoms with van der Waals surface area (Å²) >= 11 is 0. The Hall–Kier alpha value is -1.36. The monoisotopic (exact) mass is 264 g/mol. The first kappa shape index (κ1) is 12.7. The molecule has 2 N–H and O–H groups in total. The Morgan fingerprint density at radius 3 is 2.47 bits per heavy atom. The average molecular weight is 264 g/mol. The van der Waals surface area contributed by atoms with E-state index in [4.69, 9.17) is 0 Å². The van der Waals surface area contributed by atoms with Crippen molar-refractivity contribution in [3.05, 3.63) is 12.2 Å². The van der Waals surface area contributed by atoms with Crippen molar-refractivity contribution in [1.29, 1.82) is 0 Å². The van der Waals surface area contributed by atoms with Crippen LogP contribution in [0.25, 0.3) is 0 Å². The Bertz CT molecular complexity index is 452. The maximum Gasteiger partial charge on any atom is 0.259 e. The number of hydroxylamine groups is 2. The second kappa shape index (κ2) is 4.34. The van der Waals surface area contributed by atoms with Gasteiger partial charge in [0.15, 0.2) is 0 Å². The minimum atomic E-state index is -0.901. The molecule has 1 heterocycles. The summed E-state index contributed by atoms with van der Waals surface area (Å²) in [6.07, 6.45) is 10.6. The summed E-state index contributed by atoms with van der Waals surface area (Å²) in [5.74, 6) is -0.286. The van der Waals surface area contributed by atoms with Crippen molar-refractivity contribution in [3.8, 4) is 0 Å². The van der Waals surface area contributed by atoms with Gasteiger partial charge in [0, 0.05) is 0 Å². The lowest BCUT2D eigenvalue weighted by Gasteiger charge is -2.35. The predicted molar refractivity (Wildman–Crippen MR) is 69.1 cm³/mol. The quantitative estimate of drug-likeness (QED) is 0.305. The van der Waals surface area contributed by atoms with E-state index in [9.17, 15) is 15.2 Å². The second-order valence-corrected chi connectivity index (χ2v) is 5.93. The fourth-order valence-electron chi connectivity index (χ4n) is 4.01. The van der Waals surface area contributed by atoms with Crippen molar-refractivity contribution in [2.24, 2.45) is 10.6 Å². The van der Waals surface area contributed by atoms with Gasteiger partial charge in [-0.1, -0.05) is 36.6 Å². The molecule has 104 valence electrons. The van der Waals surface area contributed by atoms with E-state index in [-0.39, 0.29) is 5.91 Å². The van der Waals surface area contributed by atoms with E-state index in [1.54, 1.807) is 0 Å². The molecule has 0 aromatic rings. The van der Waals surface area contributed by atoms with Gasteiger partial charge < -0.3 is 5.21 Å². The third kappa shape index (κ3) is 1.51. The lowest BCUT2D eigenvalue weighted by atomic mass is 9.67. The Morgan fingerprint density at radius 2 is 1.89 bits per heavy atom. The van der Waals surface area contributed by atoms with Crippen molar-refractivity contribution in [2.75, 3.05) is 0 Å². The van der Waals surface area contributed by atoms with Crippen LogP contribution in [-0.2, 0) is 4.79 Å². The molecule has 0 radical (unpaired) electrons. The number of allylic oxidation sites excluding steroid dienone is 1. The van der Waals surface area contributed by atoms with Crippen LogP contribution in [0.5, 0.6) is 0 Å². The fraction of sp³-hybridized carbons (Fsp3) is 0.714. The molecule has 2 spiro atoms. The van der Waals surface area contributed by atoms with Gasteiger partial charge in [0.25, 0.3) is 5.91 Å². The van der Waals surface area contributed by atoms with Gasteiger partial charge in [-0.2, -0.15) is 0 Å². The van der Waals surface area contributed by atoms with Crippen LogP contribution in [-0.4, -0.2) is 32.6 Å². The number of rotatable bonds is 0. The SMILES string of the molecule is O=C1N(O)[C@@]2(C=CCCC2)/C(=N\O)C12CCCCC2. The van der Waals surface area contributed by atoms with Gasteiger partial charge in [-0.3, -0.25) is 10.0 Å². The molecular formula is C14H20N2O3. The zero-order valence-electron chi connectivity index (χ0n) is 11.0. The first-order chi connectivity index (χ1) is 9.17. The highest BCUT2D eigenvalue weighted by atomic mass is 16.5. The van der Waals surface area contributed by atoms with Crippen LogP contribution in [0.3, 0.4) is 0 Å². The first-order valence-corrected chi connectivity index (χ1v) is 7.12. The Balaban J connectivity index is 2.11. The smallest absolute Gasteiger partial charge is 0.259 e. The van der Waals surface area contributed by atoms with E-state index >= 15 is 0 Å². The van der Waals surface area contributed by atoms with E-state index in [0.29, 0.717) is 25.0 Å². The van der Waals surface area contributed by atoms with Crippen LogP contribution in [0, 0.1) is 5.41 Å². The van der Waals surface area contributed by atoms with E-state index in [1.165, 1.54) is 0 Å². The molecule has 2 aliphatic carbocycles. The number of carbonyl (C=O) groups is 1. The van der Waals surface area contributed by atoms with Crippen molar-refractivity contribution < 1.29 is 15.2 Å². The highest BCUT2D eigenvalue weighted by molar-refractivity contribution is 6.19. The summed E-state index contributed by atoms with van der Waals surface area (Å²) in [7, 11) is 0. The Kier molecular flexibility index (Phi) is 2.89. The highest BCUT2D eigenvalue weighted by Gasteiger charge is 2.64. The van der Waals surface area contributed by atoms with Crippen LogP contribution in [0.15, 0.2) is 17.3 Å². The lowest BCUT2D eigenvalue weighted by Crippen LogP contribution is -2.47. The van der Waals surface area contributed by atoms with Crippen molar-refractivity contribution >= 4 is 11.6 Å². The second-order valence-electron chi connectivity index (χ2n) is 5.93. The van der Waals surface area contributed by atoms with Crippen molar-refractivity contribution in [2.45, 2.75) is 56.9 Å². The molecule has 5 heteroatoms. The number of hydrogen-bond donors (Lipinski definition) is 2. The Labute approximate surface area is 112 Å². The molecule has 1 aliphatic heterocycles. The standard InChI is InChI=1S/C14H20N2O3/c17-12-13(7-3-1-4-8-13)11(15-18)14(16(12)19)9-5-2-6-10-14/h5,9,18-19H,1-4,6-8,10H2/b15-11-/t14-/m1/s1. The first-order valence-electron chi connectivity index (χ1n) is 7.12. The van der Waals surface area contributed by atoms with E-state index in [2.05, 4.69) is 5.16 Å². The largest absolute Gasteiger partial charge is 0.411 e. The molecule has 2 fully saturated rings. The van der Waals surface area contributed by atoms with Gasteiger partial charge in [0.05, 0.1) is 5.41 Å². The number of carbonyl (C=O) groups excluding carboxylic acids is 1. The summed E-state index contributed by atoms with van der Waals surface area (Å²) in [6.45, 7) is 0. The average Bonchev–Trinajstić information content (AvgIpc) is 2.61. The molecule has 1 atom stereocenters. The molecule has 0 bridgehead atoms. The number of hydrogen-bond acceptors (Lipinski definition) is 4. The van der Waals surface area contributed by atoms with Crippen LogP contribution in [0.1, 0.15) is 51.4 Å². The van der Waals surface area contributed by atoms with Crippen LogP contribution in [0.2, 0.25) is 0 Å². The molecule has 3 aliphatic rings. The van der Waals surface area contributed by atoms with E-state index < -0.39 is 11.0 Å². The van der Waals surface area contributed by atoms with Crippen LogP contribution < -0.4 is 0 Å². The fourth-order valence-corrected chi connectivity index (χ4v) is 4.01. The molecule has 0 aromatic heterocycles. The lowest BCUT2D eigenvalue weighted by molar-refractivity contribution is -0.179. The van der Waals surface area contributed by atoms with Crippen molar-refractivity contribution in [3.63, 3.8) is 0 Å². The molecule has 5 nitrogen and oxygen atoms in total. The number of oxime groups is 1. The molecule has 1 saturated heterocycles. The van der Waals surface area contributed by atoms with Crippen LogP contribution in [0.4, 0.5) is 0 Å². The minimum absolute atomic E-state index is 0.286. The zero-order chi connectivity index (χ0) is 13.5. The van der Waals surface area contributed by atoms with Gasteiger partial charge in [0.2, 0.25) is 0 Å². The van der Waals surface area contributed by atoms with E-state index in [0.717, 1.165) is 37.2 Å². The number of nitrogens with zero attached hydrogens (tertiary/aromatic N) is 2. The predicted octanol–water partition coefficient (Wildman–Crippen LogP) is 2.48. The van der Waals surface area contributed by atoms with Gasteiger partial charge >= 0.3 is 0 Å². The molecule has 19 heavy (non-hydrogen) atoms. The zero-order valence-corrected chi connectivity index (χ0v) is 11.0. The van der Waals surface area contributed by atoms with Gasteiger partial charge in [-0.05, 0) is 32.1 Å². The molecular weight excluding hydrogens is 244 g/mol. The van der Waals surface area contributed by atoms with Gasteiger partial charge in [0.1, 0.15) is 11.3 Å². The third-order valence-corrected chi connectivity index (χ3v) is 4.97. The normalized spacial score (nSPS) is 35.7. The molecule has 3 rings (SSSR count). The molecule has 0 unspecified atom stereocenters. The third-order valence-electron chi connectivity index (χ3n) is 4.97. The topological polar surface area (TPSA) is 73.1 Å². The molecule has 1 amide bonds. The number of amides is 1. The molecule has 1 saturated carbocycles. The summed E-state index contributed by atoms with van der Waals surface area (Å²) < 4.78 is 0. The van der Waals surface area contributed by atoms with E-state index in [1.807, 2.05) is 12.2 Å². The van der Waals surface area contributed by atoms with Crippen LogP contribution >= 0.6 is 0 Å². The molecule has 0 aromatic carbocycles. The maximum atomic E-state index is 12.6. The Morgan fingerprint density at radius 1 is 1.16 bits per heavy atom. The summed E-state index contributed by atoms with van der Waals surface area (Å²) in [5.41, 5.74) is -1.21. The van der Waals surface area contributed by atoms with Gasteiger partial charge in [-0.15, -0.1) is 0 Å². The minimum Gasteiger partial charge on any atom is -0.411 e. The van der Waals surface area contributed by atoms with Crippen molar-refractivity contribution in [1.82, 2.24) is 5.06 Å². The van der Waals surface area contributed by atoms with Gasteiger partial charge in [-0.25, -0.2) is 5.06 Å². The summed E-state index contributed by atoms with van der Waals surface area (Å²) in [4.78, 5) is 12.6. The maximum absolute atomic E-state index is 12.6. The highest BCUT2D eigenvalue weighted by Crippen LogP contribution is 2.51. The summed E-state index contributed by atoms with van der Waals surface area (Å²) in [6, 6.07) is 0.